The minimum absolute atomic E-state index is 0.120. The monoisotopic (exact) mass is 308 g/mol. The van der Waals surface area contributed by atoms with Crippen LogP contribution in [0.25, 0.3) is 0 Å². The Kier molecular flexibility index (Phi) is 4.61. The fourth-order valence-corrected chi connectivity index (χ4v) is 3.48. The molecule has 0 spiro atoms. The molecule has 1 aliphatic rings. The molecule has 4 nitrogen and oxygen atoms in total. The summed E-state index contributed by atoms with van der Waals surface area (Å²) in [4.78, 5) is 11.5. The number of rotatable bonds is 2. The largest absolute Gasteiger partial charge is 0.350 e. The lowest BCUT2D eigenvalue weighted by molar-refractivity contribution is 0.370. The van der Waals surface area contributed by atoms with Crippen molar-refractivity contribution in [1.82, 2.24) is 15.2 Å². The number of hydrogen-bond donors (Lipinski definition) is 1. The van der Waals surface area contributed by atoms with Crippen LogP contribution in [0, 0.1) is 5.41 Å². The van der Waals surface area contributed by atoms with E-state index in [0.29, 0.717) is 5.41 Å². The number of aliphatic imine (C=N–C) groups is 1. The first kappa shape index (κ1) is 16.3. The van der Waals surface area contributed by atoms with Crippen molar-refractivity contribution in [3.63, 3.8) is 0 Å². The summed E-state index contributed by atoms with van der Waals surface area (Å²) in [6.45, 7) is 14.1. The number of aromatic nitrogens is 1. The van der Waals surface area contributed by atoms with Gasteiger partial charge in [-0.2, -0.15) is 0 Å². The van der Waals surface area contributed by atoms with E-state index in [2.05, 4.69) is 55.2 Å². The third-order valence-electron chi connectivity index (χ3n) is 3.91. The number of nitrogens with zero attached hydrogens (tertiary/aromatic N) is 3. The molecule has 1 fully saturated rings. The van der Waals surface area contributed by atoms with Crippen molar-refractivity contribution in [2.45, 2.75) is 53.0 Å². The van der Waals surface area contributed by atoms with E-state index in [9.17, 15) is 0 Å². The third kappa shape index (κ3) is 4.19. The Hall–Kier alpha value is -1.10. The molecule has 0 amide bonds. The second kappa shape index (κ2) is 5.95. The zero-order valence-corrected chi connectivity index (χ0v) is 15.0. The van der Waals surface area contributed by atoms with E-state index in [1.165, 1.54) is 12.1 Å². The molecule has 0 unspecified atom stereocenters. The van der Waals surface area contributed by atoms with E-state index in [-0.39, 0.29) is 5.41 Å². The van der Waals surface area contributed by atoms with Crippen LogP contribution in [-0.2, 0) is 12.0 Å². The van der Waals surface area contributed by atoms with Gasteiger partial charge in [-0.1, -0.05) is 34.6 Å². The molecule has 0 atom stereocenters. The second-order valence-electron chi connectivity index (χ2n) is 7.61. The van der Waals surface area contributed by atoms with Crippen molar-refractivity contribution in [1.29, 1.82) is 0 Å². The zero-order valence-electron chi connectivity index (χ0n) is 14.2. The van der Waals surface area contributed by atoms with Gasteiger partial charge in [-0.25, -0.2) is 4.98 Å². The van der Waals surface area contributed by atoms with Gasteiger partial charge in [-0.3, -0.25) is 4.99 Å². The van der Waals surface area contributed by atoms with Crippen molar-refractivity contribution >= 4 is 17.3 Å². The number of guanidine groups is 1. The van der Waals surface area contributed by atoms with Gasteiger partial charge in [-0.15, -0.1) is 11.3 Å². The van der Waals surface area contributed by atoms with Crippen LogP contribution in [0.2, 0.25) is 0 Å². The SMILES string of the molecule is CN=C(NCc1nc(C(C)(C)C)cs1)N1CCC(C)(C)C1. The minimum atomic E-state index is 0.120. The lowest BCUT2D eigenvalue weighted by atomic mass is 9.93. The predicted molar refractivity (Wildman–Crippen MR) is 91.0 cm³/mol. The van der Waals surface area contributed by atoms with Gasteiger partial charge >= 0.3 is 0 Å². The van der Waals surface area contributed by atoms with Gasteiger partial charge in [-0.05, 0) is 11.8 Å². The van der Waals surface area contributed by atoms with Crippen LogP contribution >= 0.6 is 11.3 Å². The maximum atomic E-state index is 4.73. The van der Waals surface area contributed by atoms with Crippen molar-refractivity contribution < 1.29 is 0 Å². The lowest BCUT2D eigenvalue weighted by Crippen LogP contribution is -2.40. The highest BCUT2D eigenvalue weighted by atomic mass is 32.1. The van der Waals surface area contributed by atoms with Crippen LogP contribution in [0.5, 0.6) is 0 Å². The number of hydrogen-bond acceptors (Lipinski definition) is 3. The molecule has 1 aliphatic heterocycles. The van der Waals surface area contributed by atoms with Crippen molar-refractivity contribution in [3.05, 3.63) is 16.1 Å². The molecule has 0 aliphatic carbocycles. The van der Waals surface area contributed by atoms with Gasteiger partial charge in [0.05, 0.1) is 12.2 Å². The molecule has 1 aromatic rings. The molecule has 2 heterocycles. The Morgan fingerprint density at radius 2 is 2.19 bits per heavy atom. The molecule has 21 heavy (non-hydrogen) atoms. The summed E-state index contributed by atoms with van der Waals surface area (Å²) in [5.74, 6) is 0.994. The standard InChI is InChI=1S/C16H28N4S/c1-15(2,3)12-10-21-13(19-12)9-18-14(17-6)20-8-7-16(4,5)11-20/h10H,7-9,11H2,1-6H3,(H,17,18). The van der Waals surface area contributed by atoms with E-state index in [1.807, 2.05) is 7.05 Å². The van der Waals surface area contributed by atoms with Crippen molar-refractivity contribution in [3.8, 4) is 0 Å². The first-order chi connectivity index (χ1) is 9.71. The molecule has 2 rings (SSSR count). The Labute approximate surface area is 132 Å². The number of nitrogens with one attached hydrogen (secondary N) is 1. The summed E-state index contributed by atoms with van der Waals surface area (Å²) in [5, 5.41) is 6.74. The normalized spacial score (nSPS) is 19.1. The summed E-state index contributed by atoms with van der Waals surface area (Å²) < 4.78 is 0. The molecule has 5 heteroatoms. The van der Waals surface area contributed by atoms with E-state index in [1.54, 1.807) is 11.3 Å². The summed E-state index contributed by atoms with van der Waals surface area (Å²) >= 11 is 1.72. The van der Waals surface area contributed by atoms with Gasteiger partial charge < -0.3 is 10.2 Å². The summed E-state index contributed by atoms with van der Waals surface area (Å²) in [5.41, 5.74) is 1.68. The highest BCUT2D eigenvalue weighted by Gasteiger charge is 2.30. The highest BCUT2D eigenvalue weighted by molar-refractivity contribution is 7.09. The maximum Gasteiger partial charge on any atom is 0.194 e. The quantitative estimate of drug-likeness (QED) is 0.673. The Bertz CT molecular complexity index is 511. The summed E-state index contributed by atoms with van der Waals surface area (Å²) in [6.07, 6.45) is 1.22. The zero-order chi connectivity index (χ0) is 15.7. The Morgan fingerprint density at radius 1 is 1.48 bits per heavy atom. The Morgan fingerprint density at radius 3 is 2.67 bits per heavy atom. The fourth-order valence-electron chi connectivity index (χ4n) is 2.52. The predicted octanol–water partition coefficient (Wildman–Crippen LogP) is 3.25. The van der Waals surface area contributed by atoms with E-state index in [0.717, 1.165) is 30.6 Å². The van der Waals surface area contributed by atoms with Crippen molar-refractivity contribution in [2.24, 2.45) is 10.4 Å². The molecular formula is C16H28N4S. The number of likely N-dealkylation sites (tertiary alicyclic amines) is 1. The first-order valence-corrected chi connectivity index (χ1v) is 8.50. The molecule has 0 saturated carbocycles. The first-order valence-electron chi connectivity index (χ1n) is 7.62. The van der Waals surface area contributed by atoms with Gasteiger partial charge in [0.2, 0.25) is 0 Å². The average molecular weight is 308 g/mol. The van der Waals surface area contributed by atoms with Crippen LogP contribution in [0.3, 0.4) is 0 Å². The second-order valence-corrected chi connectivity index (χ2v) is 8.56. The summed E-state index contributed by atoms with van der Waals surface area (Å²) in [6, 6.07) is 0. The van der Waals surface area contributed by atoms with E-state index in [4.69, 9.17) is 4.98 Å². The Balaban J connectivity index is 1.94. The molecule has 1 N–H and O–H groups in total. The maximum absolute atomic E-state index is 4.73. The topological polar surface area (TPSA) is 40.5 Å². The van der Waals surface area contributed by atoms with Gasteiger partial charge in [0.15, 0.2) is 5.96 Å². The minimum Gasteiger partial charge on any atom is -0.350 e. The highest BCUT2D eigenvalue weighted by Crippen LogP contribution is 2.28. The van der Waals surface area contributed by atoms with Crippen LogP contribution in [0.15, 0.2) is 10.4 Å². The van der Waals surface area contributed by atoms with Crippen LogP contribution in [0.1, 0.15) is 51.7 Å². The third-order valence-corrected chi connectivity index (χ3v) is 4.76. The molecule has 0 aromatic carbocycles. The molecule has 0 bridgehead atoms. The van der Waals surface area contributed by atoms with Gasteiger partial charge in [0.25, 0.3) is 0 Å². The smallest absolute Gasteiger partial charge is 0.194 e. The van der Waals surface area contributed by atoms with E-state index < -0.39 is 0 Å². The fraction of sp³-hybridized carbons (Fsp3) is 0.750. The number of thiazole rings is 1. The molecule has 0 radical (unpaired) electrons. The lowest BCUT2D eigenvalue weighted by Gasteiger charge is -2.23. The average Bonchev–Trinajstić information content (AvgIpc) is 2.96. The van der Waals surface area contributed by atoms with E-state index >= 15 is 0 Å². The molecule has 1 aromatic heterocycles. The van der Waals surface area contributed by atoms with Crippen LogP contribution in [0.4, 0.5) is 0 Å². The van der Waals surface area contributed by atoms with Crippen LogP contribution < -0.4 is 5.32 Å². The van der Waals surface area contributed by atoms with Crippen LogP contribution in [-0.4, -0.2) is 36.0 Å². The van der Waals surface area contributed by atoms with Gasteiger partial charge in [0, 0.05) is 30.9 Å². The summed E-state index contributed by atoms with van der Waals surface area (Å²) in [7, 11) is 1.86. The molecular weight excluding hydrogens is 280 g/mol. The molecule has 1 saturated heterocycles. The van der Waals surface area contributed by atoms with Crippen molar-refractivity contribution in [2.75, 3.05) is 20.1 Å². The molecule has 118 valence electrons. The van der Waals surface area contributed by atoms with Gasteiger partial charge in [0.1, 0.15) is 5.01 Å².